The van der Waals surface area contributed by atoms with Crippen molar-refractivity contribution in [1.82, 2.24) is 4.90 Å². The number of carbonyl (C=O) groups is 1. The van der Waals surface area contributed by atoms with E-state index in [2.05, 4.69) is 29.8 Å². The molecular weight excluding hydrogens is 338 g/mol. The van der Waals surface area contributed by atoms with Gasteiger partial charge in [0.05, 0.1) is 30.2 Å². The van der Waals surface area contributed by atoms with E-state index >= 15 is 0 Å². The molecule has 1 saturated heterocycles. The van der Waals surface area contributed by atoms with Crippen LogP contribution in [0.2, 0.25) is 0 Å². The smallest absolute Gasteiger partial charge is 0.410 e. The van der Waals surface area contributed by atoms with Crippen LogP contribution < -0.4 is 0 Å². The quantitative estimate of drug-likeness (QED) is 0.702. The number of amides is 1. The number of methoxy groups -OCH3 is 1. The molecule has 1 fully saturated rings. The Morgan fingerprint density at radius 1 is 1.33 bits per heavy atom. The molecule has 3 atom stereocenters. The Morgan fingerprint density at radius 3 is 2.43 bits per heavy atom. The summed E-state index contributed by atoms with van der Waals surface area (Å²) in [5.41, 5.74) is -0.478. The minimum atomic E-state index is -0.478. The molecule has 0 radical (unpaired) electrons. The van der Waals surface area contributed by atoms with Gasteiger partial charge in [0.25, 0.3) is 0 Å². The van der Waals surface area contributed by atoms with Gasteiger partial charge in [-0.15, -0.1) is 0 Å². The molecular formula is C15H28BrNO4. The van der Waals surface area contributed by atoms with Crippen LogP contribution in [0.3, 0.4) is 0 Å². The van der Waals surface area contributed by atoms with Gasteiger partial charge in [0.15, 0.2) is 0 Å². The third kappa shape index (κ3) is 6.12. The van der Waals surface area contributed by atoms with Gasteiger partial charge in [0.2, 0.25) is 0 Å². The van der Waals surface area contributed by atoms with Gasteiger partial charge in [-0.2, -0.15) is 0 Å². The minimum Gasteiger partial charge on any atom is -0.444 e. The van der Waals surface area contributed by atoms with E-state index in [1.807, 2.05) is 20.8 Å². The Kier molecular flexibility index (Phi) is 6.94. The molecule has 21 heavy (non-hydrogen) atoms. The first kappa shape index (κ1) is 18.7. The summed E-state index contributed by atoms with van der Waals surface area (Å²) in [6.45, 7) is 11.5. The van der Waals surface area contributed by atoms with E-state index in [1.54, 1.807) is 12.0 Å². The van der Waals surface area contributed by atoms with Crippen LogP contribution in [-0.2, 0) is 14.2 Å². The summed E-state index contributed by atoms with van der Waals surface area (Å²) < 4.78 is 16.7. The van der Waals surface area contributed by atoms with E-state index < -0.39 is 5.60 Å². The van der Waals surface area contributed by atoms with Gasteiger partial charge in [0.1, 0.15) is 5.60 Å². The lowest BCUT2D eigenvalue weighted by Gasteiger charge is -2.26. The van der Waals surface area contributed by atoms with Crippen molar-refractivity contribution in [2.75, 3.05) is 26.8 Å². The van der Waals surface area contributed by atoms with Crippen LogP contribution in [0, 0.1) is 5.92 Å². The van der Waals surface area contributed by atoms with Gasteiger partial charge >= 0.3 is 6.09 Å². The fraction of sp³-hybridized carbons (Fsp3) is 0.933. The van der Waals surface area contributed by atoms with E-state index in [1.165, 1.54) is 0 Å². The van der Waals surface area contributed by atoms with E-state index in [9.17, 15) is 4.79 Å². The van der Waals surface area contributed by atoms with Crippen molar-refractivity contribution in [1.29, 1.82) is 0 Å². The lowest BCUT2D eigenvalue weighted by Crippen LogP contribution is -2.37. The Morgan fingerprint density at radius 2 is 1.95 bits per heavy atom. The highest BCUT2D eigenvalue weighted by atomic mass is 79.9. The fourth-order valence-corrected chi connectivity index (χ4v) is 2.76. The molecule has 0 aromatic rings. The van der Waals surface area contributed by atoms with Crippen molar-refractivity contribution in [3.8, 4) is 0 Å². The molecule has 3 unspecified atom stereocenters. The predicted molar refractivity (Wildman–Crippen MR) is 85.9 cm³/mol. The molecule has 0 aliphatic carbocycles. The average molecular weight is 366 g/mol. The number of hydrogen-bond donors (Lipinski definition) is 0. The lowest BCUT2D eigenvalue weighted by molar-refractivity contribution is -0.0634. The second kappa shape index (κ2) is 7.79. The van der Waals surface area contributed by atoms with Gasteiger partial charge in [0, 0.05) is 13.7 Å². The Labute approximate surface area is 136 Å². The number of likely N-dealkylation sites (tertiary alicyclic amines) is 1. The van der Waals surface area contributed by atoms with E-state index in [0.717, 1.165) is 0 Å². The summed E-state index contributed by atoms with van der Waals surface area (Å²) >= 11 is 3.61. The molecule has 0 aromatic carbocycles. The van der Waals surface area contributed by atoms with Gasteiger partial charge in [-0.3, -0.25) is 0 Å². The number of carbonyl (C=O) groups excluding carboxylic acids is 1. The molecule has 0 N–H and O–H groups in total. The van der Waals surface area contributed by atoms with Crippen molar-refractivity contribution in [2.45, 2.75) is 57.3 Å². The first-order chi connectivity index (χ1) is 9.64. The van der Waals surface area contributed by atoms with E-state index in [0.29, 0.717) is 25.6 Å². The number of hydrogen-bond acceptors (Lipinski definition) is 4. The van der Waals surface area contributed by atoms with Crippen LogP contribution in [0.25, 0.3) is 0 Å². The van der Waals surface area contributed by atoms with E-state index in [4.69, 9.17) is 14.2 Å². The largest absolute Gasteiger partial charge is 0.444 e. The molecule has 0 saturated carbocycles. The average Bonchev–Trinajstić information content (AvgIpc) is 2.68. The summed E-state index contributed by atoms with van der Waals surface area (Å²) in [5, 5.41) is 0. The molecule has 0 spiro atoms. The maximum atomic E-state index is 12.1. The van der Waals surface area contributed by atoms with Crippen molar-refractivity contribution in [3.05, 3.63) is 0 Å². The maximum absolute atomic E-state index is 12.1. The van der Waals surface area contributed by atoms with Crippen LogP contribution in [0.5, 0.6) is 0 Å². The Balaban J connectivity index is 2.57. The van der Waals surface area contributed by atoms with Crippen LogP contribution in [0.1, 0.15) is 34.6 Å². The van der Waals surface area contributed by atoms with Crippen molar-refractivity contribution in [2.24, 2.45) is 5.92 Å². The van der Waals surface area contributed by atoms with E-state index in [-0.39, 0.29) is 23.1 Å². The standard InChI is InChI=1S/C15H28BrNO4/c1-10(2)13(9-19-6)20-12-8-17(7-11(12)16)14(18)21-15(3,4)5/h10-13H,7-9H2,1-6H3. The SMILES string of the molecule is COCC(OC1CN(C(=O)OC(C)(C)C)CC1Br)C(C)C. The fourth-order valence-electron chi connectivity index (χ4n) is 2.12. The molecule has 0 bridgehead atoms. The maximum Gasteiger partial charge on any atom is 0.410 e. The second-order valence-corrected chi connectivity index (χ2v) is 7.99. The van der Waals surface area contributed by atoms with Crippen LogP contribution in [0.4, 0.5) is 4.79 Å². The molecule has 1 aliphatic heterocycles. The first-order valence-corrected chi connectivity index (χ1v) is 8.32. The normalized spacial score (nSPS) is 24.5. The summed E-state index contributed by atoms with van der Waals surface area (Å²) in [6, 6.07) is 0. The first-order valence-electron chi connectivity index (χ1n) is 7.40. The summed E-state index contributed by atoms with van der Waals surface area (Å²) in [5.74, 6) is 0.361. The number of halogens is 1. The summed E-state index contributed by atoms with van der Waals surface area (Å²) in [6.07, 6.45) is -0.301. The topological polar surface area (TPSA) is 48.0 Å². The molecule has 124 valence electrons. The minimum absolute atomic E-state index is 0.0265. The van der Waals surface area contributed by atoms with Crippen LogP contribution >= 0.6 is 15.9 Å². The molecule has 1 aliphatic rings. The lowest BCUT2D eigenvalue weighted by atomic mass is 10.1. The molecule has 1 rings (SSSR count). The monoisotopic (exact) mass is 365 g/mol. The summed E-state index contributed by atoms with van der Waals surface area (Å²) in [7, 11) is 1.67. The number of alkyl halides is 1. The van der Waals surface area contributed by atoms with Crippen molar-refractivity contribution < 1.29 is 19.0 Å². The molecule has 1 heterocycles. The number of nitrogens with zero attached hydrogens (tertiary/aromatic N) is 1. The zero-order valence-electron chi connectivity index (χ0n) is 13.9. The zero-order valence-corrected chi connectivity index (χ0v) is 15.5. The third-order valence-electron chi connectivity index (χ3n) is 3.27. The highest BCUT2D eigenvalue weighted by Crippen LogP contribution is 2.25. The number of ether oxygens (including phenoxy) is 3. The van der Waals surface area contributed by atoms with Crippen molar-refractivity contribution in [3.63, 3.8) is 0 Å². The highest BCUT2D eigenvalue weighted by molar-refractivity contribution is 9.09. The predicted octanol–water partition coefficient (Wildman–Crippen LogP) is 3.06. The molecule has 1 amide bonds. The van der Waals surface area contributed by atoms with Gasteiger partial charge in [-0.25, -0.2) is 4.79 Å². The molecule has 6 heteroatoms. The Hall–Kier alpha value is -0.330. The molecule has 0 aromatic heterocycles. The highest BCUT2D eigenvalue weighted by Gasteiger charge is 2.38. The van der Waals surface area contributed by atoms with Crippen LogP contribution in [0.15, 0.2) is 0 Å². The van der Waals surface area contributed by atoms with Gasteiger partial charge < -0.3 is 19.1 Å². The number of rotatable bonds is 5. The Bertz CT molecular complexity index is 343. The van der Waals surface area contributed by atoms with Crippen LogP contribution in [-0.4, -0.2) is 60.4 Å². The third-order valence-corrected chi connectivity index (χ3v) is 4.15. The second-order valence-electron chi connectivity index (χ2n) is 6.81. The summed E-state index contributed by atoms with van der Waals surface area (Å²) in [4.78, 5) is 13.9. The van der Waals surface area contributed by atoms with Gasteiger partial charge in [-0.1, -0.05) is 29.8 Å². The van der Waals surface area contributed by atoms with Crippen molar-refractivity contribution >= 4 is 22.0 Å². The zero-order chi connectivity index (χ0) is 16.2. The van der Waals surface area contributed by atoms with Gasteiger partial charge in [-0.05, 0) is 26.7 Å². The molecule has 5 nitrogen and oxygen atoms in total.